The average Bonchev–Trinajstić information content (AvgIpc) is 2.40. The van der Waals surface area contributed by atoms with Crippen LogP contribution in [0.2, 0.25) is 0 Å². The number of fused-ring (bicyclic) bond motifs is 1. The van der Waals surface area contributed by atoms with E-state index in [0.29, 0.717) is 11.3 Å². The van der Waals surface area contributed by atoms with Crippen molar-refractivity contribution in [3.8, 4) is 5.75 Å². The van der Waals surface area contributed by atoms with Crippen LogP contribution in [0.5, 0.6) is 5.75 Å². The molecule has 2 unspecified atom stereocenters. The number of hydrogen-bond donors (Lipinski definition) is 1. The lowest BCUT2D eigenvalue weighted by molar-refractivity contribution is 0.131. The van der Waals surface area contributed by atoms with Crippen molar-refractivity contribution < 1.29 is 14.2 Å². The molecule has 0 fully saturated rings. The van der Waals surface area contributed by atoms with Gasteiger partial charge < -0.3 is 9.84 Å². The van der Waals surface area contributed by atoms with Gasteiger partial charge in [-0.3, -0.25) is 0 Å². The van der Waals surface area contributed by atoms with E-state index in [2.05, 4.69) is 6.07 Å². The summed E-state index contributed by atoms with van der Waals surface area (Å²) in [4.78, 5) is 0. The molecule has 0 heterocycles. The second-order valence-corrected chi connectivity index (χ2v) is 4.84. The number of halogens is 1. The van der Waals surface area contributed by atoms with E-state index < -0.39 is 6.10 Å². The molecule has 0 bridgehead atoms. The molecule has 1 aliphatic rings. The van der Waals surface area contributed by atoms with Crippen molar-refractivity contribution in [2.75, 3.05) is 7.11 Å². The average molecular weight is 258 g/mol. The highest BCUT2D eigenvalue weighted by Gasteiger charge is 2.33. The second-order valence-electron chi connectivity index (χ2n) is 4.84. The third-order valence-electron chi connectivity index (χ3n) is 3.79. The van der Waals surface area contributed by atoms with Gasteiger partial charge in [0, 0.05) is 11.5 Å². The predicted molar refractivity (Wildman–Crippen MR) is 70.8 cm³/mol. The minimum Gasteiger partial charge on any atom is -0.496 e. The Morgan fingerprint density at radius 3 is 2.79 bits per heavy atom. The molecule has 2 aromatic carbocycles. The number of aliphatic hydroxyl groups excluding tert-OH is 1. The molecule has 2 atom stereocenters. The summed E-state index contributed by atoms with van der Waals surface area (Å²) in [6, 6.07) is 12.3. The lowest BCUT2D eigenvalue weighted by Gasteiger charge is -2.34. The van der Waals surface area contributed by atoms with Crippen molar-refractivity contribution in [3.63, 3.8) is 0 Å². The number of aliphatic hydroxyl groups is 1. The maximum Gasteiger partial charge on any atom is 0.124 e. The largest absolute Gasteiger partial charge is 0.496 e. The Hall–Kier alpha value is -1.87. The summed E-state index contributed by atoms with van der Waals surface area (Å²) in [5, 5.41) is 10.5. The van der Waals surface area contributed by atoms with Crippen molar-refractivity contribution >= 4 is 0 Å². The van der Waals surface area contributed by atoms with Gasteiger partial charge in [-0.25, -0.2) is 4.39 Å². The molecule has 98 valence electrons. The SMILES string of the molecule is COc1ccc(F)cc1C(O)C1Cc2ccccc21. The third-order valence-corrected chi connectivity index (χ3v) is 3.79. The molecule has 3 rings (SSSR count). The Morgan fingerprint density at radius 1 is 1.26 bits per heavy atom. The summed E-state index contributed by atoms with van der Waals surface area (Å²) >= 11 is 0. The smallest absolute Gasteiger partial charge is 0.124 e. The molecular weight excluding hydrogens is 243 g/mol. The molecule has 0 amide bonds. The zero-order valence-corrected chi connectivity index (χ0v) is 10.6. The molecular formula is C16H15FO2. The standard InChI is InChI=1S/C16H15FO2/c1-19-15-7-6-11(17)9-14(15)16(18)13-8-10-4-2-3-5-12(10)13/h2-7,9,13,16,18H,8H2,1H3. The fourth-order valence-electron chi connectivity index (χ4n) is 2.73. The number of ether oxygens (including phenoxy) is 1. The van der Waals surface area contributed by atoms with Crippen LogP contribution in [0.4, 0.5) is 4.39 Å². The summed E-state index contributed by atoms with van der Waals surface area (Å²) in [5.41, 5.74) is 2.91. The molecule has 1 N–H and O–H groups in total. The van der Waals surface area contributed by atoms with E-state index in [1.165, 1.54) is 24.8 Å². The Morgan fingerprint density at radius 2 is 2.05 bits per heavy atom. The minimum atomic E-state index is -0.736. The summed E-state index contributed by atoms with van der Waals surface area (Å²) < 4.78 is 18.6. The van der Waals surface area contributed by atoms with Crippen molar-refractivity contribution in [2.45, 2.75) is 18.4 Å². The van der Waals surface area contributed by atoms with Gasteiger partial charge in [-0.1, -0.05) is 24.3 Å². The molecule has 2 nitrogen and oxygen atoms in total. The first-order chi connectivity index (χ1) is 9.20. The summed E-state index contributed by atoms with van der Waals surface area (Å²) in [6.07, 6.45) is 0.0809. The Balaban J connectivity index is 1.94. The second kappa shape index (κ2) is 4.67. The highest BCUT2D eigenvalue weighted by atomic mass is 19.1. The van der Waals surface area contributed by atoms with Gasteiger partial charge in [0.05, 0.1) is 13.2 Å². The highest BCUT2D eigenvalue weighted by molar-refractivity contribution is 5.45. The van der Waals surface area contributed by atoms with E-state index in [1.54, 1.807) is 6.07 Å². The van der Waals surface area contributed by atoms with Crippen molar-refractivity contribution in [1.29, 1.82) is 0 Å². The first-order valence-corrected chi connectivity index (χ1v) is 6.30. The van der Waals surface area contributed by atoms with Crippen molar-refractivity contribution in [3.05, 3.63) is 65.0 Å². The van der Waals surface area contributed by atoms with Crippen LogP contribution in [0.1, 0.15) is 28.7 Å². The fraction of sp³-hybridized carbons (Fsp3) is 0.250. The first-order valence-electron chi connectivity index (χ1n) is 6.30. The number of benzene rings is 2. The summed E-state index contributed by atoms with van der Waals surface area (Å²) in [6.45, 7) is 0. The van der Waals surface area contributed by atoms with Gasteiger partial charge in [-0.05, 0) is 35.7 Å². The van der Waals surface area contributed by atoms with Gasteiger partial charge in [0.2, 0.25) is 0 Å². The van der Waals surface area contributed by atoms with Gasteiger partial charge in [-0.2, -0.15) is 0 Å². The number of hydrogen-bond acceptors (Lipinski definition) is 2. The van der Waals surface area contributed by atoms with Crippen LogP contribution in [0, 0.1) is 5.82 Å². The fourth-order valence-corrected chi connectivity index (χ4v) is 2.73. The molecule has 0 radical (unpaired) electrons. The van der Waals surface area contributed by atoms with Crippen LogP contribution in [-0.4, -0.2) is 12.2 Å². The summed E-state index contributed by atoms with van der Waals surface area (Å²) in [5.74, 6) is 0.188. The quantitative estimate of drug-likeness (QED) is 0.916. The molecule has 0 aliphatic heterocycles. The van der Waals surface area contributed by atoms with Gasteiger partial charge >= 0.3 is 0 Å². The van der Waals surface area contributed by atoms with E-state index in [9.17, 15) is 9.50 Å². The first kappa shape index (κ1) is 12.2. The maximum absolute atomic E-state index is 13.4. The predicted octanol–water partition coefficient (Wildman–Crippen LogP) is 3.21. The summed E-state index contributed by atoms with van der Waals surface area (Å²) in [7, 11) is 1.53. The van der Waals surface area contributed by atoms with Gasteiger partial charge in [0.25, 0.3) is 0 Å². The Kier molecular flexibility index (Phi) is 2.99. The van der Waals surface area contributed by atoms with Crippen LogP contribution in [0.3, 0.4) is 0 Å². The van der Waals surface area contributed by atoms with Crippen LogP contribution in [0.15, 0.2) is 42.5 Å². The Labute approximate surface area is 111 Å². The molecule has 0 aromatic heterocycles. The third kappa shape index (κ3) is 2.00. The highest BCUT2D eigenvalue weighted by Crippen LogP contribution is 2.45. The number of rotatable bonds is 3. The topological polar surface area (TPSA) is 29.5 Å². The van der Waals surface area contributed by atoms with E-state index in [-0.39, 0.29) is 11.7 Å². The lowest BCUT2D eigenvalue weighted by Crippen LogP contribution is -2.24. The molecule has 3 heteroatoms. The van der Waals surface area contributed by atoms with E-state index in [0.717, 1.165) is 12.0 Å². The van der Waals surface area contributed by atoms with Gasteiger partial charge in [0.1, 0.15) is 11.6 Å². The van der Waals surface area contributed by atoms with E-state index in [1.807, 2.05) is 18.2 Å². The van der Waals surface area contributed by atoms with Crippen molar-refractivity contribution in [2.24, 2.45) is 0 Å². The monoisotopic (exact) mass is 258 g/mol. The Bertz CT molecular complexity index is 609. The molecule has 1 aliphatic carbocycles. The molecule has 19 heavy (non-hydrogen) atoms. The lowest BCUT2D eigenvalue weighted by atomic mass is 9.73. The number of methoxy groups -OCH3 is 1. The van der Waals surface area contributed by atoms with Gasteiger partial charge in [-0.15, -0.1) is 0 Å². The van der Waals surface area contributed by atoms with Crippen LogP contribution in [0.25, 0.3) is 0 Å². The molecule has 0 spiro atoms. The zero-order chi connectivity index (χ0) is 13.4. The van der Waals surface area contributed by atoms with Crippen molar-refractivity contribution in [1.82, 2.24) is 0 Å². The van der Waals surface area contributed by atoms with Crippen LogP contribution >= 0.6 is 0 Å². The minimum absolute atomic E-state index is 0.0203. The molecule has 2 aromatic rings. The van der Waals surface area contributed by atoms with Gasteiger partial charge in [0.15, 0.2) is 0 Å². The van der Waals surface area contributed by atoms with E-state index >= 15 is 0 Å². The maximum atomic E-state index is 13.4. The molecule has 0 saturated carbocycles. The van der Waals surface area contributed by atoms with Crippen LogP contribution < -0.4 is 4.74 Å². The van der Waals surface area contributed by atoms with E-state index in [4.69, 9.17) is 4.74 Å². The zero-order valence-electron chi connectivity index (χ0n) is 10.6. The molecule has 0 saturated heterocycles. The normalized spacial score (nSPS) is 18.4. The van der Waals surface area contributed by atoms with Crippen LogP contribution in [-0.2, 0) is 6.42 Å².